The summed E-state index contributed by atoms with van der Waals surface area (Å²) < 4.78 is 2.68. The highest BCUT2D eigenvalue weighted by Crippen LogP contribution is 2.37. The zero-order valence-electron chi connectivity index (χ0n) is 15.9. The van der Waals surface area contributed by atoms with Gasteiger partial charge in [0.2, 0.25) is 0 Å². The van der Waals surface area contributed by atoms with Crippen molar-refractivity contribution in [3.63, 3.8) is 0 Å². The van der Waals surface area contributed by atoms with Crippen LogP contribution < -0.4 is 0 Å². The van der Waals surface area contributed by atoms with Gasteiger partial charge in [0.05, 0.1) is 11.7 Å². The average molecular weight is 464 g/mol. The Balaban J connectivity index is 1.50. The van der Waals surface area contributed by atoms with Crippen LogP contribution in [0, 0.1) is 0 Å². The number of amides is 1. The minimum Gasteiger partial charge on any atom is -0.388 e. The summed E-state index contributed by atoms with van der Waals surface area (Å²) in [6.45, 7) is 0.266. The molecule has 5 rings (SSSR count). The lowest BCUT2D eigenvalue weighted by molar-refractivity contribution is 0.0708. The lowest BCUT2D eigenvalue weighted by Gasteiger charge is -2.26. The van der Waals surface area contributed by atoms with Crippen LogP contribution in [0.5, 0.6) is 0 Å². The smallest absolute Gasteiger partial charge is 0.255 e. The van der Waals surface area contributed by atoms with Crippen LogP contribution in [0.4, 0.5) is 0 Å². The number of nitrogens with zero attached hydrogens (tertiary/aromatic N) is 5. The number of pyridine rings is 2. The fourth-order valence-electron chi connectivity index (χ4n) is 3.99. The molecule has 0 fully saturated rings. The Morgan fingerprint density at radius 3 is 2.80 bits per heavy atom. The van der Waals surface area contributed by atoms with Crippen molar-refractivity contribution in [2.75, 3.05) is 0 Å². The third-order valence-corrected chi connectivity index (χ3v) is 6.17. The van der Waals surface area contributed by atoms with E-state index in [9.17, 15) is 9.90 Å². The number of rotatable bonds is 5. The molecule has 0 radical (unpaired) electrons. The number of hydrogen-bond acceptors (Lipinski definition) is 5. The molecule has 0 saturated heterocycles. The third-order valence-electron chi connectivity index (χ3n) is 5.45. The van der Waals surface area contributed by atoms with Crippen molar-refractivity contribution in [1.29, 1.82) is 0 Å². The largest absolute Gasteiger partial charge is 0.388 e. The molecule has 1 aliphatic heterocycles. The van der Waals surface area contributed by atoms with Gasteiger partial charge in [-0.2, -0.15) is 0 Å². The molecule has 7 nitrogen and oxygen atoms in total. The number of carbonyl (C=O) groups is 1. The normalized spacial score (nSPS) is 15.7. The van der Waals surface area contributed by atoms with Crippen molar-refractivity contribution in [3.05, 3.63) is 93.6 Å². The van der Waals surface area contributed by atoms with Crippen LogP contribution in [0.3, 0.4) is 0 Å². The molecule has 1 N–H and O–H groups in total. The van der Waals surface area contributed by atoms with E-state index in [2.05, 4.69) is 31.1 Å². The summed E-state index contributed by atoms with van der Waals surface area (Å²) in [6.07, 6.45) is 4.21. The summed E-state index contributed by atoms with van der Waals surface area (Å²) in [4.78, 5) is 19.6. The number of fused-ring (bicyclic) bond motifs is 2. The van der Waals surface area contributed by atoms with Crippen LogP contribution in [0.2, 0.25) is 0 Å². The number of aromatic nitrogens is 4. The van der Waals surface area contributed by atoms with Gasteiger partial charge in [-0.1, -0.05) is 18.2 Å². The van der Waals surface area contributed by atoms with Crippen LogP contribution in [0.25, 0.3) is 5.65 Å². The molecule has 1 amide bonds. The second kappa shape index (κ2) is 7.62. The molecule has 0 spiro atoms. The van der Waals surface area contributed by atoms with Gasteiger partial charge in [-0.15, -0.1) is 10.2 Å². The molecule has 1 aromatic carbocycles. The Hall–Kier alpha value is -3.10. The maximum absolute atomic E-state index is 13.2. The van der Waals surface area contributed by atoms with Gasteiger partial charge in [0.15, 0.2) is 11.5 Å². The first-order valence-electron chi connectivity index (χ1n) is 9.58. The highest BCUT2D eigenvalue weighted by Gasteiger charge is 2.36. The van der Waals surface area contributed by atoms with Crippen LogP contribution >= 0.6 is 15.9 Å². The van der Waals surface area contributed by atoms with E-state index in [1.807, 2.05) is 59.6 Å². The molecule has 0 aliphatic carbocycles. The van der Waals surface area contributed by atoms with Gasteiger partial charge in [0, 0.05) is 35.4 Å². The number of benzene rings is 1. The van der Waals surface area contributed by atoms with Crippen LogP contribution in [-0.4, -0.2) is 35.5 Å². The van der Waals surface area contributed by atoms with Crippen molar-refractivity contribution >= 4 is 27.5 Å². The fourth-order valence-corrected chi connectivity index (χ4v) is 4.40. The predicted molar refractivity (Wildman–Crippen MR) is 114 cm³/mol. The quantitative estimate of drug-likeness (QED) is 0.490. The van der Waals surface area contributed by atoms with Gasteiger partial charge < -0.3 is 10.0 Å². The second-order valence-corrected chi connectivity index (χ2v) is 8.06. The van der Waals surface area contributed by atoms with E-state index < -0.39 is 0 Å². The zero-order chi connectivity index (χ0) is 20.7. The number of halogens is 1. The minimum absolute atomic E-state index is 0.0139. The number of aliphatic hydroxyl groups is 1. The van der Waals surface area contributed by atoms with E-state index in [0.29, 0.717) is 24.4 Å². The fraction of sp³-hybridized carbons (Fsp3) is 0.182. The first kappa shape index (κ1) is 18.9. The van der Waals surface area contributed by atoms with E-state index >= 15 is 0 Å². The first-order valence-corrected chi connectivity index (χ1v) is 10.4. The maximum Gasteiger partial charge on any atom is 0.255 e. The Kier molecular flexibility index (Phi) is 4.80. The van der Waals surface area contributed by atoms with Gasteiger partial charge in [0.1, 0.15) is 6.61 Å². The van der Waals surface area contributed by atoms with Crippen molar-refractivity contribution in [2.45, 2.75) is 25.6 Å². The lowest BCUT2D eigenvalue weighted by atomic mass is 10.0. The predicted octanol–water partition coefficient (Wildman–Crippen LogP) is 3.32. The number of hydrogen-bond donors (Lipinski definition) is 1. The topological polar surface area (TPSA) is 83.6 Å². The molecular weight excluding hydrogens is 446 g/mol. The summed E-state index contributed by atoms with van der Waals surface area (Å²) >= 11 is 3.58. The molecule has 0 saturated carbocycles. The van der Waals surface area contributed by atoms with Crippen LogP contribution in [0.1, 0.15) is 39.0 Å². The Labute approximate surface area is 181 Å². The molecule has 150 valence electrons. The third kappa shape index (κ3) is 3.18. The zero-order valence-corrected chi connectivity index (χ0v) is 17.5. The monoisotopic (exact) mass is 463 g/mol. The Morgan fingerprint density at radius 2 is 1.97 bits per heavy atom. The molecular formula is C22H18BrN5O2. The molecule has 8 heteroatoms. The van der Waals surface area contributed by atoms with Gasteiger partial charge in [-0.3, -0.25) is 14.2 Å². The number of carbonyl (C=O) groups excluding carboxylic acids is 1. The van der Waals surface area contributed by atoms with E-state index in [0.717, 1.165) is 26.9 Å². The van der Waals surface area contributed by atoms with E-state index in [1.165, 1.54) is 0 Å². The van der Waals surface area contributed by atoms with Crippen molar-refractivity contribution in [3.8, 4) is 0 Å². The van der Waals surface area contributed by atoms with Gasteiger partial charge in [0.25, 0.3) is 5.91 Å². The molecule has 30 heavy (non-hydrogen) atoms. The minimum atomic E-state index is -0.179. The Morgan fingerprint density at radius 1 is 1.10 bits per heavy atom. The summed E-state index contributed by atoms with van der Waals surface area (Å²) in [6, 6.07) is 15.3. The average Bonchev–Trinajstić information content (AvgIpc) is 3.29. The molecule has 1 unspecified atom stereocenters. The van der Waals surface area contributed by atoms with Crippen molar-refractivity contribution in [2.24, 2.45) is 0 Å². The van der Waals surface area contributed by atoms with Crippen molar-refractivity contribution < 1.29 is 9.90 Å². The molecule has 3 aromatic heterocycles. The molecule has 1 aliphatic rings. The Bertz CT molecular complexity index is 1260. The van der Waals surface area contributed by atoms with Gasteiger partial charge in [-0.05, 0) is 57.4 Å². The van der Waals surface area contributed by atoms with Crippen LogP contribution in [-0.2, 0) is 19.6 Å². The maximum atomic E-state index is 13.2. The highest BCUT2D eigenvalue weighted by atomic mass is 79.9. The summed E-state index contributed by atoms with van der Waals surface area (Å²) in [5, 5.41) is 17.5. The number of aliphatic hydroxyl groups excluding tert-OH is 1. The summed E-state index contributed by atoms with van der Waals surface area (Å²) in [5.41, 5.74) is 4.26. The van der Waals surface area contributed by atoms with E-state index in [-0.39, 0.29) is 18.6 Å². The second-order valence-electron chi connectivity index (χ2n) is 7.21. The van der Waals surface area contributed by atoms with Gasteiger partial charge >= 0.3 is 0 Å². The molecule has 0 bridgehead atoms. The van der Waals surface area contributed by atoms with Gasteiger partial charge in [-0.25, -0.2) is 0 Å². The van der Waals surface area contributed by atoms with Crippen LogP contribution in [0.15, 0.2) is 65.4 Å². The first-order chi connectivity index (χ1) is 14.7. The molecule has 4 aromatic rings. The SMILES string of the molecule is O=C1c2ccccc2C(Cc2ncccc2Br)N1Cc1ccn2c(CO)nnc2c1. The molecule has 1 atom stereocenters. The summed E-state index contributed by atoms with van der Waals surface area (Å²) in [5.74, 6) is 0.499. The van der Waals surface area contributed by atoms with Crippen molar-refractivity contribution in [1.82, 2.24) is 24.5 Å². The lowest BCUT2D eigenvalue weighted by Crippen LogP contribution is -2.29. The molecule has 4 heterocycles. The standard InChI is InChI=1S/C22H18BrN5O2/c23-17-6-3-8-24-18(17)11-19-15-4-1-2-5-16(15)22(30)28(19)12-14-7-9-27-20(10-14)25-26-21(27)13-29/h1-10,19,29H,11-13H2. The summed E-state index contributed by atoms with van der Waals surface area (Å²) in [7, 11) is 0. The van der Waals surface area contributed by atoms with E-state index in [1.54, 1.807) is 10.6 Å². The highest BCUT2D eigenvalue weighted by molar-refractivity contribution is 9.10. The van der Waals surface area contributed by atoms with E-state index in [4.69, 9.17) is 0 Å².